The summed E-state index contributed by atoms with van der Waals surface area (Å²) in [7, 11) is 0. The summed E-state index contributed by atoms with van der Waals surface area (Å²) in [5, 5.41) is 10.8. The molecule has 0 saturated heterocycles. The number of hydrogen-bond acceptors (Lipinski definition) is 3. The van der Waals surface area contributed by atoms with Gasteiger partial charge in [0.1, 0.15) is 5.01 Å². The second-order valence-electron chi connectivity index (χ2n) is 2.60. The first kappa shape index (κ1) is 8.93. The molecule has 1 N–H and O–H groups in total. The highest BCUT2D eigenvalue weighted by Gasteiger charge is 2.06. The number of nitrogens with zero attached hydrogens (tertiary/aromatic N) is 1. The van der Waals surface area contributed by atoms with Crippen molar-refractivity contribution in [3.05, 3.63) is 21.7 Å². The molecule has 0 aliphatic rings. The molecule has 1 rings (SSSR count). The molecule has 0 fully saturated rings. The third kappa shape index (κ3) is 2.17. The van der Waals surface area contributed by atoms with Gasteiger partial charge < -0.3 is 5.11 Å². The van der Waals surface area contributed by atoms with Crippen molar-refractivity contribution in [2.24, 2.45) is 0 Å². The normalized spacial score (nSPS) is 9.50. The summed E-state index contributed by atoms with van der Waals surface area (Å²) in [4.78, 5) is 14.3. The molecule has 3 nitrogen and oxygen atoms in total. The lowest BCUT2D eigenvalue weighted by Crippen LogP contribution is -1.95. The molecule has 1 aromatic heterocycles. The fourth-order valence-corrected chi connectivity index (χ4v) is 1.54. The van der Waals surface area contributed by atoms with E-state index in [1.165, 1.54) is 16.7 Å². The van der Waals surface area contributed by atoms with E-state index in [9.17, 15) is 4.79 Å². The highest BCUT2D eigenvalue weighted by Crippen LogP contribution is 2.13. The lowest BCUT2D eigenvalue weighted by molar-refractivity contribution is 0.0691. The molecule has 12 heavy (non-hydrogen) atoms. The predicted octanol–water partition coefficient (Wildman–Crippen LogP) is 2.26. The molecular formula is C8H9NO2S. The minimum Gasteiger partial charge on any atom is -0.476 e. The maximum Gasteiger partial charge on any atom is 0.355 e. The van der Waals surface area contributed by atoms with Crippen LogP contribution in [0.5, 0.6) is 0 Å². The van der Waals surface area contributed by atoms with E-state index in [0.29, 0.717) is 0 Å². The Morgan fingerprint density at radius 3 is 2.75 bits per heavy atom. The van der Waals surface area contributed by atoms with Crippen LogP contribution < -0.4 is 0 Å². The number of hydrogen-bond donors (Lipinski definition) is 1. The van der Waals surface area contributed by atoms with Gasteiger partial charge in [-0.2, -0.15) is 0 Å². The highest BCUT2D eigenvalue weighted by molar-refractivity contribution is 7.10. The van der Waals surface area contributed by atoms with Crippen LogP contribution in [-0.4, -0.2) is 16.1 Å². The molecule has 1 aromatic rings. The summed E-state index contributed by atoms with van der Waals surface area (Å²) in [6, 6.07) is 0. The van der Waals surface area contributed by atoms with E-state index in [0.717, 1.165) is 10.6 Å². The van der Waals surface area contributed by atoms with Crippen molar-refractivity contribution in [1.29, 1.82) is 0 Å². The van der Waals surface area contributed by atoms with E-state index < -0.39 is 5.97 Å². The van der Waals surface area contributed by atoms with Crippen molar-refractivity contribution >= 4 is 23.4 Å². The van der Waals surface area contributed by atoms with Crippen molar-refractivity contribution in [2.75, 3.05) is 0 Å². The van der Waals surface area contributed by atoms with Gasteiger partial charge in [-0.25, -0.2) is 9.78 Å². The van der Waals surface area contributed by atoms with Gasteiger partial charge in [0, 0.05) is 5.38 Å². The molecular weight excluding hydrogens is 174 g/mol. The number of carbonyl (C=O) groups is 1. The maximum absolute atomic E-state index is 10.4. The largest absolute Gasteiger partial charge is 0.476 e. The highest BCUT2D eigenvalue weighted by atomic mass is 32.1. The Balaban J connectivity index is 2.92. The van der Waals surface area contributed by atoms with Gasteiger partial charge >= 0.3 is 5.97 Å². The van der Waals surface area contributed by atoms with Crippen molar-refractivity contribution in [3.8, 4) is 0 Å². The summed E-state index contributed by atoms with van der Waals surface area (Å²) < 4.78 is 0. The first-order chi connectivity index (χ1) is 5.59. The Bertz CT molecular complexity index is 324. The zero-order valence-electron chi connectivity index (χ0n) is 6.87. The summed E-state index contributed by atoms with van der Waals surface area (Å²) >= 11 is 1.34. The topological polar surface area (TPSA) is 50.2 Å². The molecule has 0 saturated carbocycles. The minimum absolute atomic E-state index is 0.118. The van der Waals surface area contributed by atoms with Crippen LogP contribution in [0.15, 0.2) is 11.0 Å². The maximum atomic E-state index is 10.4. The molecule has 64 valence electrons. The number of carboxylic acids is 1. The quantitative estimate of drug-likeness (QED) is 0.765. The lowest BCUT2D eigenvalue weighted by Gasteiger charge is -1.85. The van der Waals surface area contributed by atoms with Gasteiger partial charge in [-0.15, -0.1) is 11.3 Å². The van der Waals surface area contributed by atoms with Gasteiger partial charge in [0.2, 0.25) is 0 Å². The average Bonchev–Trinajstić information content (AvgIpc) is 2.34. The van der Waals surface area contributed by atoms with Crippen LogP contribution >= 0.6 is 11.3 Å². The van der Waals surface area contributed by atoms with Crippen molar-refractivity contribution < 1.29 is 9.90 Å². The zero-order chi connectivity index (χ0) is 9.14. The summed E-state index contributed by atoms with van der Waals surface area (Å²) in [5.74, 6) is -0.973. The molecule has 0 atom stereocenters. The summed E-state index contributed by atoms with van der Waals surface area (Å²) in [5.41, 5.74) is 1.23. The Morgan fingerprint density at radius 1 is 1.67 bits per heavy atom. The van der Waals surface area contributed by atoms with Crippen molar-refractivity contribution in [2.45, 2.75) is 13.8 Å². The molecule has 0 unspecified atom stereocenters. The monoisotopic (exact) mass is 183 g/mol. The second-order valence-corrected chi connectivity index (χ2v) is 3.49. The van der Waals surface area contributed by atoms with Crippen LogP contribution in [0.1, 0.15) is 29.3 Å². The van der Waals surface area contributed by atoms with E-state index in [-0.39, 0.29) is 5.69 Å². The molecule has 0 aliphatic heterocycles. The molecule has 1 heterocycles. The molecule has 0 amide bonds. The predicted molar refractivity (Wildman–Crippen MR) is 48.4 cm³/mol. The van der Waals surface area contributed by atoms with E-state index in [1.54, 1.807) is 0 Å². The number of rotatable bonds is 2. The SMILES string of the molecule is CC(C)=Cc1nc(C(=O)O)cs1. The third-order valence-corrected chi connectivity index (χ3v) is 1.94. The standard InChI is InChI=1S/C8H9NO2S/c1-5(2)3-7-9-6(4-12-7)8(10)11/h3-4H,1-2H3,(H,10,11). The van der Waals surface area contributed by atoms with Crippen LogP contribution in [-0.2, 0) is 0 Å². The van der Waals surface area contributed by atoms with Crippen molar-refractivity contribution in [3.63, 3.8) is 0 Å². The molecule has 0 aliphatic carbocycles. The molecule has 0 radical (unpaired) electrons. The summed E-state index contributed by atoms with van der Waals surface area (Å²) in [6.07, 6.45) is 1.86. The Hall–Kier alpha value is -1.16. The number of aromatic carboxylic acids is 1. The lowest BCUT2D eigenvalue weighted by atomic mass is 10.3. The average molecular weight is 183 g/mol. The number of allylic oxidation sites excluding steroid dienone is 1. The summed E-state index contributed by atoms with van der Waals surface area (Å²) in [6.45, 7) is 3.89. The molecule has 0 aromatic carbocycles. The number of thiazole rings is 1. The number of carboxylic acid groups (broad SMARTS) is 1. The zero-order valence-corrected chi connectivity index (χ0v) is 7.68. The Labute approximate surface area is 74.4 Å². The van der Waals surface area contributed by atoms with Gasteiger partial charge in [0.05, 0.1) is 0 Å². The van der Waals surface area contributed by atoms with Crippen LogP contribution in [0.4, 0.5) is 0 Å². The van der Waals surface area contributed by atoms with Gasteiger partial charge in [-0.1, -0.05) is 5.57 Å². The van der Waals surface area contributed by atoms with Crippen LogP contribution in [0.3, 0.4) is 0 Å². The Morgan fingerprint density at radius 2 is 2.33 bits per heavy atom. The van der Waals surface area contributed by atoms with Gasteiger partial charge in [-0.3, -0.25) is 0 Å². The fraction of sp³-hybridized carbons (Fsp3) is 0.250. The van der Waals surface area contributed by atoms with E-state index in [1.807, 2.05) is 19.9 Å². The first-order valence-corrected chi connectivity index (χ1v) is 4.31. The van der Waals surface area contributed by atoms with Crippen molar-refractivity contribution in [1.82, 2.24) is 4.98 Å². The van der Waals surface area contributed by atoms with E-state index >= 15 is 0 Å². The number of aromatic nitrogens is 1. The molecule has 4 heteroatoms. The fourth-order valence-electron chi connectivity index (χ4n) is 0.699. The van der Waals surface area contributed by atoms with Gasteiger partial charge in [0.25, 0.3) is 0 Å². The molecule has 0 spiro atoms. The first-order valence-electron chi connectivity index (χ1n) is 3.43. The minimum atomic E-state index is -0.973. The van der Waals surface area contributed by atoms with Crippen LogP contribution in [0.2, 0.25) is 0 Å². The van der Waals surface area contributed by atoms with Gasteiger partial charge in [0.15, 0.2) is 5.69 Å². The van der Waals surface area contributed by atoms with E-state index in [2.05, 4.69) is 4.98 Å². The van der Waals surface area contributed by atoms with Crippen LogP contribution in [0.25, 0.3) is 6.08 Å². The second kappa shape index (κ2) is 3.49. The third-order valence-electron chi connectivity index (χ3n) is 1.15. The van der Waals surface area contributed by atoms with E-state index in [4.69, 9.17) is 5.11 Å². The van der Waals surface area contributed by atoms with Crippen LogP contribution in [0, 0.1) is 0 Å². The van der Waals surface area contributed by atoms with Gasteiger partial charge in [-0.05, 0) is 19.9 Å². The molecule has 0 bridgehead atoms. The Kier molecular flexibility index (Phi) is 2.60. The smallest absolute Gasteiger partial charge is 0.355 e.